The first-order chi connectivity index (χ1) is 15.7. The minimum atomic E-state index is -4.22. The van der Waals surface area contributed by atoms with Crippen LogP contribution in [0.2, 0.25) is 0 Å². The number of primary sulfonamides is 1. The van der Waals surface area contributed by atoms with Gasteiger partial charge in [0, 0.05) is 24.7 Å². The number of hydrogen-bond acceptors (Lipinski definition) is 6. The third-order valence-corrected chi connectivity index (χ3v) is 6.04. The molecule has 2 aromatic carbocycles. The molecule has 0 saturated carbocycles. The van der Waals surface area contributed by atoms with E-state index in [4.69, 9.17) is 9.88 Å². The van der Waals surface area contributed by atoms with Crippen LogP contribution in [0, 0.1) is 0 Å². The van der Waals surface area contributed by atoms with Gasteiger partial charge in [-0.05, 0) is 44.0 Å². The average molecular weight is 478 g/mol. The second kappa shape index (κ2) is 12.6. The highest BCUT2D eigenvalue weighted by Crippen LogP contribution is 2.39. The van der Waals surface area contributed by atoms with E-state index in [1.165, 1.54) is 6.07 Å². The molecule has 8 nitrogen and oxygen atoms in total. The van der Waals surface area contributed by atoms with Crippen LogP contribution in [0.1, 0.15) is 56.8 Å². The van der Waals surface area contributed by atoms with Crippen molar-refractivity contribution in [2.45, 2.75) is 57.4 Å². The summed E-state index contributed by atoms with van der Waals surface area (Å²) in [4.78, 5) is 14.6. The number of unbranched alkanes of at least 4 members (excludes halogenated alkanes) is 2. The second-order valence-electron chi connectivity index (χ2n) is 8.03. The van der Waals surface area contributed by atoms with E-state index in [0.717, 1.165) is 25.7 Å². The Bertz CT molecular complexity index is 1000. The van der Waals surface area contributed by atoms with E-state index < -0.39 is 22.0 Å². The number of aliphatic hydroxyl groups is 1. The summed E-state index contributed by atoms with van der Waals surface area (Å²) < 4.78 is 31.3. The zero-order chi connectivity index (χ0) is 24.4. The summed E-state index contributed by atoms with van der Waals surface area (Å²) in [6.07, 6.45) is 3.68. The van der Waals surface area contributed by atoms with Gasteiger partial charge in [-0.2, -0.15) is 0 Å². The zero-order valence-electron chi connectivity index (χ0n) is 19.6. The van der Waals surface area contributed by atoms with Gasteiger partial charge in [-0.1, -0.05) is 44.9 Å². The number of anilines is 1. The number of benzene rings is 2. The Kier molecular flexibility index (Phi) is 10.1. The molecule has 9 heteroatoms. The normalized spacial score (nSPS) is 12.3. The third-order valence-electron chi connectivity index (χ3n) is 5.12. The molecule has 0 bridgehead atoms. The number of para-hydroxylation sites is 1. The SMILES string of the molecule is CCCCN(CCCC)c1cc(C(=O)NC(C)CO)cc(S(N)(=O)=O)c1Oc1ccccc1. The summed E-state index contributed by atoms with van der Waals surface area (Å²) in [5, 5.41) is 17.5. The molecule has 0 aromatic heterocycles. The summed E-state index contributed by atoms with van der Waals surface area (Å²) >= 11 is 0. The predicted octanol–water partition coefficient (Wildman–Crippen LogP) is 3.64. The number of nitrogens with two attached hydrogens (primary N) is 1. The van der Waals surface area contributed by atoms with Gasteiger partial charge >= 0.3 is 0 Å². The Labute approximate surface area is 196 Å². The first-order valence-corrected chi connectivity index (χ1v) is 12.9. The topological polar surface area (TPSA) is 122 Å². The van der Waals surface area contributed by atoms with Crippen LogP contribution >= 0.6 is 0 Å². The minimum Gasteiger partial charge on any atom is -0.454 e. The number of carbonyl (C=O) groups excluding carboxylic acids is 1. The molecular formula is C24H35N3O5S. The number of nitrogens with zero attached hydrogens (tertiary/aromatic N) is 1. The van der Waals surface area contributed by atoms with Crippen LogP contribution in [0.15, 0.2) is 47.4 Å². The molecule has 0 fully saturated rings. The second-order valence-corrected chi connectivity index (χ2v) is 9.56. The summed E-state index contributed by atoms with van der Waals surface area (Å²) in [5.74, 6) is 0.0586. The lowest BCUT2D eigenvalue weighted by Gasteiger charge is -2.28. The maximum atomic E-state index is 12.8. The summed E-state index contributed by atoms with van der Waals surface area (Å²) in [6.45, 7) is 6.91. The van der Waals surface area contributed by atoms with E-state index in [1.54, 1.807) is 37.3 Å². The molecule has 1 unspecified atom stereocenters. The van der Waals surface area contributed by atoms with Gasteiger partial charge in [-0.15, -0.1) is 0 Å². The Hall–Kier alpha value is -2.62. The number of amides is 1. The van der Waals surface area contributed by atoms with Gasteiger partial charge in [0.2, 0.25) is 10.0 Å². The molecule has 0 heterocycles. The number of hydrogen-bond donors (Lipinski definition) is 3. The first-order valence-electron chi connectivity index (χ1n) is 11.3. The lowest BCUT2D eigenvalue weighted by atomic mass is 10.1. The molecule has 0 radical (unpaired) electrons. The summed E-state index contributed by atoms with van der Waals surface area (Å²) in [7, 11) is -4.22. The van der Waals surface area contributed by atoms with Crippen molar-refractivity contribution in [3.63, 3.8) is 0 Å². The van der Waals surface area contributed by atoms with Crippen LogP contribution in [0.4, 0.5) is 5.69 Å². The number of carbonyl (C=O) groups is 1. The molecule has 182 valence electrons. The zero-order valence-corrected chi connectivity index (χ0v) is 20.4. The number of nitrogens with one attached hydrogen (secondary N) is 1. The van der Waals surface area contributed by atoms with E-state index in [-0.39, 0.29) is 22.8 Å². The fourth-order valence-electron chi connectivity index (χ4n) is 3.28. The van der Waals surface area contributed by atoms with Crippen LogP contribution < -0.4 is 20.1 Å². The third kappa shape index (κ3) is 7.73. The molecule has 1 atom stereocenters. The molecule has 33 heavy (non-hydrogen) atoms. The number of aliphatic hydroxyl groups excluding tert-OH is 1. The van der Waals surface area contributed by atoms with Gasteiger partial charge in [0.15, 0.2) is 5.75 Å². The molecular weight excluding hydrogens is 442 g/mol. The highest BCUT2D eigenvalue weighted by atomic mass is 32.2. The van der Waals surface area contributed by atoms with Crippen LogP contribution in [-0.2, 0) is 10.0 Å². The van der Waals surface area contributed by atoms with Crippen molar-refractivity contribution < 1.29 is 23.1 Å². The lowest BCUT2D eigenvalue weighted by Crippen LogP contribution is -2.35. The average Bonchev–Trinajstić information content (AvgIpc) is 2.79. The van der Waals surface area contributed by atoms with Crippen LogP contribution in [0.25, 0.3) is 0 Å². The fourth-order valence-corrected chi connectivity index (χ4v) is 3.97. The molecule has 0 spiro atoms. The summed E-state index contributed by atoms with van der Waals surface area (Å²) in [5.41, 5.74) is 0.627. The molecule has 4 N–H and O–H groups in total. The standard InChI is InChI=1S/C24H35N3O5S/c1-4-6-13-27(14-7-5-2)21-15-19(24(29)26-18(3)17-28)16-22(33(25,30)31)23(21)32-20-11-9-8-10-12-20/h8-12,15-16,18,28H,4-7,13-14,17H2,1-3H3,(H,26,29)(H2,25,30,31). The van der Waals surface area contributed by atoms with Gasteiger partial charge < -0.3 is 20.1 Å². The maximum absolute atomic E-state index is 12.8. The van der Waals surface area contributed by atoms with Crippen molar-refractivity contribution in [3.05, 3.63) is 48.0 Å². The van der Waals surface area contributed by atoms with Gasteiger partial charge in [0.25, 0.3) is 5.91 Å². The molecule has 2 rings (SSSR count). The Morgan fingerprint density at radius 3 is 2.24 bits per heavy atom. The van der Waals surface area contributed by atoms with Crippen molar-refractivity contribution in [2.75, 3.05) is 24.6 Å². The van der Waals surface area contributed by atoms with Crippen molar-refractivity contribution in [2.24, 2.45) is 5.14 Å². The Morgan fingerprint density at radius 2 is 1.73 bits per heavy atom. The minimum absolute atomic E-state index is 0.0997. The molecule has 1 amide bonds. The highest BCUT2D eigenvalue weighted by molar-refractivity contribution is 7.89. The van der Waals surface area contributed by atoms with Gasteiger partial charge in [0.05, 0.1) is 12.3 Å². The number of ether oxygens (including phenoxy) is 1. The number of sulfonamides is 1. The highest BCUT2D eigenvalue weighted by Gasteiger charge is 2.26. The number of rotatable bonds is 13. The van der Waals surface area contributed by atoms with Crippen molar-refractivity contribution in [1.29, 1.82) is 0 Å². The van der Waals surface area contributed by atoms with E-state index in [2.05, 4.69) is 19.2 Å². The van der Waals surface area contributed by atoms with E-state index in [1.807, 2.05) is 11.0 Å². The Balaban J connectivity index is 2.72. The van der Waals surface area contributed by atoms with Gasteiger partial charge in [-0.3, -0.25) is 4.79 Å². The molecule has 0 aliphatic heterocycles. The quantitative estimate of drug-likeness (QED) is 0.405. The van der Waals surface area contributed by atoms with Crippen molar-refractivity contribution in [1.82, 2.24) is 5.32 Å². The molecule has 0 aliphatic carbocycles. The summed E-state index contributed by atoms with van der Waals surface area (Å²) in [6, 6.07) is 11.2. The first kappa shape index (κ1) is 26.6. The van der Waals surface area contributed by atoms with Gasteiger partial charge in [-0.25, -0.2) is 13.6 Å². The molecule has 2 aromatic rings. The van der Waals surface area contributed by atoms with E-state index >= 15 is 0 Å². The smallest absolute Gasteiger partial charge is 0.251 e. The molecule has 0 aliphatic rings. The monoisotopic (exact) mass is 477 g/mol. The van der Waals surface area contributed by atoms with E-state index in [9.17, 15) is 18.3 Å². The maximum Gasteiger partial charge on any atom is 0.251 e. The van der Waals surface area contributed by atoms with Crippen LogP contribution in [0.3, 0.4) is 0 Å². The lowest BCUT2D eigenvalue weighted by molar-refractivity contribution is 0.0922. The van der Waals surface area contributed by atoms with Crippen molar-refractivity contribution >= 4 is 21.6 Å². The fraction of sp³-hybridized carbons (Fsp3) is 0.458. The van der Waals surface area contributed by atoms with Crippen LogP contribution in [0.5, 0.6) is 11.5 Å². The molecule has 0 saturated heterocycles. The van der Waals surface area contributed by atoms with E-state index in [0.29, 0.717) is 24.5 Å². The van der Waals surface area contributed by atoms with Gasteiger partial charge in [0.1, 0.15) is 10.6 Å². The Morgan fingerprint density at radius 1 is 1.12 bits per heavy atom. The van der Waals surface area contributed by atoms with Crippen LogP contribution in [-0.4, -0.2) is 45.2 Å². The van der Waals surface area contributed by atoms with Crippen molar-refractivity contribution in [3.8, 4) is 11.5 Å². The predicted molar refractivity (Wildman–Crippen MR) is 130 cm³/mol. The largest absolute Gasteiger partial charge is 0.454 e.